The van der Waals surface area contributed by atoms with E-state index in [2.05, 4.69) is 28.7 Å². The van der Waals surface area contributed by atoms with E-state index < -0.39 is 0 Å². The molecule has 1 aliphatic heterocycles. The highest BCUT2D eigenvalue weighted by atomic mass is 32.1. The number of aromatic nitrogens is 1. The van der Waals surface area contributed by atoms with Crippen molar-refractivity contribution in [2.45, 2.75) is 83.9 Å². The zero-order chi connectivity index (χ0) is 16.9. The average Bonchev–Trinajstić information content (AvgIpc) is 2.84. The van der Waals surface area contributed by atoms with Gasteiger partial charge < -0.3 is 14.6 Å². The van der Waals surface area contributed by atoms with E-state index in [1.807, 2.05) is 0 Å². The molecule has 0 radical (unpaired) electrons. The van der Waals surface area contributed by atoms with E-state index in [-0.39, 0.29) is 12.1 Å². The molecule has 1 saturated carbocycles. The van der Waals surface area contributed by atoms with E-state index in [9.17, 15) is 4.79 Å². The summed E-state index contributed by atoms with van der Waals surface area (Å²) in [5.74, 6) is 0. The number of rotatable bonds is 3. The van der Waals surface area contributed by atoms with Crippen LogP contribution >= 0.6 is 11.3 Å². The van der Waals surface area contributed by atoms with Gasteiger partial charge in [-0.05, 0) is 46.0 Å². The molecule has 0 aromatic carbocycles. The van der Waals surface area contributed by atoms with Crippen LogP contribution in [-0.4, -0.2) is 29.4 Å². The predicted octanol–water partition coefficient (Wildman–Crippen LogP) is 3.68. The molecule has 1 saturated heterocycles. The molecule has 1 unspecified atom stereocenters. The summed E-state index contributed by atoms with van der Waals surface area (Å²) in [5.41, 5.74) is 1.19. The molecule has 1 atom stereocenters. The quantitative estimate of drug-likeness (QED) is 0.903. The monoisotopic (exact) mass is 351 g/mol. The second-order valence-electron chi connectivity index (χ2n) is 7.02. The van der Waals surface area contributed by atoms with Gasteiger partial charge in [-0.3, -0.25) is 0 Å². The van der Waals surface area contributed by atoms with Crippen LogP contribution in [-0.2, 0) is 11.3 Å². The average molecular weight is 352 g/mol. The maximum atomic E-state index is 12.3. The van der Waals surface area contributed by atoms with Crippen LogP contribution < -0.4 is 10.1 Å². The fraction of sp³-hybridized carbons (Fsp3) is 0.778. The number of hydrogen-bond donors (Lipinski definition) is 1. The minimum absolute atomic E-state index is 0.193. The molecule has 2 aliphatic rings. The number of nitrogens with zero attached hydrogens (tertiary/aromatic N) is 2. The number of hydrogen-bond acceptors (Lipinski definition) is 3. The lowest BCUT2D eigenvalue weighted by Crippen LogP contribution is -2.36. The molecule has 24 heavy (non-hydrogen) atoms. The summed E-state index contributed by atoms with van der Waals surface area (Å²) in [4.78, 5) is 18.7. The molecule has 5 nitrogen and oxygen atoms in total. The van der Waals surface area contributed by atoms with Gasteiger partial charge in [-0.25, -0.2) is 4.79 Å². The number of ether oxygens (including phenoxy) is 1. The Balaban J connectivity index is 1.73. The Morgan fingerprint density at radius 1 is 1.21 bits per heavy atom. The van der Waals surface area contributed by atoms with Gasteiger partial charge in [-0.2, -0.15) is 4.99 Å². The lowest BCUT2D eigenvalue weighted by molar-refractivity contribution is 0.00525. The molecule has 1 aromatic heterocycles. The number of carbonyl (C=O) groups is 1. The molecule has 2 heterocycles. The SMILES string of the molecule is Cc1s/c(=N\C(=O)NC2CCCCC2)n(CC2CCCCO2)c1C. The third-order valence-corrected chi connectivity index (χ3v) is 6.28. The largest absolute Gasteiger partial charge is 0.376 e. The fourth-order valence-electron chi connectivity index (χ4n) is 3.59. The molecule has 2 fully saturated rings. The van der Waals surface area contributed by atoms with Crippen molar-refractivity contribution in [3.05, 3.63) is 15.4 Å². The Hall–Kier alpha value is -1.14. The van der Waals surface area contributed by atoms with Crippen molar-refractivity contribution >= 4 is 17.4 Å². The zero-order valence-electron chi connectivity index (χ0n) is 14.8. The molecule has 1 aliphatic carbocycles. The summed E-state index contributed by atoms with van der Waals surface area (Å²) < 4.78 is 8.03. The van der Waals surface area contributed by atoms with Gasteiger partial charge >= 0.3 is 6.03 Å². The Kier molecular flexibility index (Phi) is 6.11. The smallest absolute Gasteiger partial charge is 0.343 e. The molecular weight excluding hydrogens is 322 g/mol. The zero-order valence-corrected chi connectivity index (χ0v) is 15.7. The first-order chi connectivity index (χ1) is 11.6. The lowest BCUT2D eigenvalue weighted by Gasteiger charge is -2.23. The molecule has 1 aromatic rings. The number of amides is 2. The Bertz CT molecular complexity index is 623. The van der Waals surface area contributed by atoms with Gasteiger partial charge in [0.25, 0.3) is 0 Å². The summed E-state index contributed by atoms with van der Waals surface area (Å²) in [7, 11) is 0. The molecule has 3 rings (SSSR count). The minimum atomic E-state index is -0.193. The normalized spacial score (nSPS) is 23.4. The van der Waals surface area contributed by atoms with Crippen LogP contribution in [0.25, 0.3) is 0 Å². The van der Waals surface area contributed by atoms with Crippen molar-refractivity contribution in [3.8, 4) is 0 Å². The second-order valence-corrected chi connectivity index (χ2v) is 8.20. The fourth-order valence-corrected chi connectivity index (χ4v) is 4.58. The van der Waals surface area contributed by atoms with E-state index >= 15 is 0 Å². The molecule has 134 valence electrons. The van der Waals surface area contributed by atoms with E-state index in [0.29, 0.717) is 6.04 Å². The number of urea groups is 1. The third kappa shape index (κ3) is 4.48. The summed E-state index contributed by atoms with van der Waals surface area (Å²) in [6.45, 7) is 5.84. The van der Waals surface area contributed by atoms with Crippen LogP contribution in [0, 0.1) is 13.8 Å². The van der Waals surface area contributed by atoms with E-state index in [1.165, 1.54) is 36.3 Å². The summed E-state index contributed by atoms with van der Waals surface area (Å²) >= 11 is 1.60. The maximum absolute atomic E-state index is 12.3. The van der Waals surface area contributed by atoms with Crippen LogP contribution in [0.4, 0.5) is 4.79 Å². The molecular formula is C18H29N3O2S. The Labute approximate surface area is 148 Å². The van der Waals surface area contributed by atoms with Crippen molar-refractivity contribution in [1.82, 2.24) is 9.88 Å². The van der Waals surface area contributed by atoms with Gasteiger partial charge in [0.1, 0.15) is 0 Å². The standard InChI is InChI=1S/C18H29N3O2S/c1-13-14(2)24-18(21(13)12-16-10-6-7-11-23-16)20-17(22)19-15-8-4-3-5-9-15/h15-16H,3-12H2,1-2H3,(H,19,22)/b20-18-. The lowest BCUT2D eigenvalue weighted by atomic mass is 9.96. The summed E-state index contributed by atoms with van der Waals surface area (Å²) in [6, 6.07) is 0.105. The number of carbonyl (C=O) groups excluding carboxylic acids is 1. The predicted molar refractivity (Wildman–Crippen MR) is 96.3 cm³/mol. The van der Waals surface area contributed by atoms with Crippen LogP contribution in [0.15, 0.2) is 4.99 Å². The summed E-state index contributed by atoms with van der Waals surface area (Å²) in [5, 5.41) is 3.08. The highest BCUT2D eigenvalue weighted by molar-refractivity contribution is 7.09. The van der Waals surface area contributed by atoms with Crippen molar-refractivity contribution in [3.63, 3.8) is 0 Å². The molecule has 6 heteroatoms. The Morgan fingerprint density at radius 2 is 1.96 bits per heavy atom. The van der Waals surface area contributed by atoms with Crippen molar-refractivity contribution in [2.24, 2.45) is 4.99 Å². The highest BCUT2D eigenvalue weighted by Crippen LogP contribution is 2.18. The topological polar surface area (TPSA) is 55.6 Å². The van der Waals surface area contributed by atoms with Gasteiger partial charge in [0.15, 0.2) is 4.80 Å². The van der Waals surface area contributed by atoms with Gasteiger partial charge in [0, 0.05) is 23.2 Å². The minimum Gasteiger partial charge on any atom is -0.376 e. The molecule has 2 amide bonds. The first-order valence-corrected chi connectivity index (χ1v) is 10.1. The number of aryl methyl sites for hydroxylation is 1. The number of thiazole rings is 1. The van der Waals surface area contributed by atoms with Crippen LogP contribution in [0.2, 0.25) is 0 Å². The summed E-state index contributed by atoms with van der Waals surface area (Å²) in [6.07, 6.45) is 9.59. The van der Waals surface area contributed by atoms with Crippen molar-refractivity contribution in [2.75, 3.05) is 6.61 Å². The molecule has 1 N–H and O–H groups in total. The van der Waals surface area contributed by atoms with Gasteiger partial charge in [-0.1, -0.05) is 19.3 Å². The van der Waals surface area contributed by atoms with Crippen LogP contribution in [0.1, 0.15) is 61.9 Å². The van der Waals surface area contributed by atoms with Crippen LogP contribution in [0.5, 0.6) is 0 Å². The van der Waals surface area contributed by atoms with E-state index in [1.54, 1.807) is 11.3 Å². The first kappa shape index (κ1) is 17.7. The number of nitrogens with one attached hydrogen (secondary N) is 1. The highest BCUT2D eigenvalue weighted by Gasteiger charge is 2.19. The van der Waals surface area contributed by atoms with E-state index in [0.717, 1.165) is 43.6 Å². The maximum Gasteiger partial charge on any atom is 0.343 e. The van der Waals surface area contributed by atoms with Crippen molar-refractivity contribution < 1.29 is 9.53 Å². The molecule has 0 bridgehead atoms. The third-order valence-electron chi connectivity index (χ3n) is 5.18. The first-order valence-electron chi connectivity index (χ1n) is 9.27. The van der Waals surface area contributed by atoms with E-state index in [4.69, 9.17) is 4.74 Å². The van der Waals surface area contributed by atoms with Gasteiger partial charge in [-0.15, -0.1) is 11.3 Å². The Morgan fingerprint density at radius 3 is 2.67 bits per heavy atom. The second kappa shape index (κ2) is 8.30. The van der Waals surface area contributed by atoms with Crippen LogP contribution in [0.3, 0.4) is 0 Å². The van der Waals surface area contributed by atoms with Gasteiger partial charge in [0.05, 0.1) is 12.6 Å². The van der Waals surface area contributed by atoms with Gasteiger partial charge in [0.2, 0.25) is 0 Å². The molecule has 0 spiro atoms. The van der Waals surface area contributed by atoms with Crippen molar-refractivity contribution in [1.29, 1.82) is 0 Å².